The van der Waals surface area contributed by atoms with Crippen molar-refractivity contribution in [1.29, 1.82) is 0 Å². The molecule has 1 saturated carbocycles. The largest absolute Gasteiger partial charge is 0.334 e. The van der Waals surface area contributed by atoms with Gasteiger partial charge in [0.05, 0.1) is 10.6 Å². The second-order valence-corrected chi connectivity index (χ2v) is 8.39. The molecule has 0 saturated heterocycles. The molecule has 0 unspecified atom stereocenters. The summed E-state index contributed by atoms with van der Waals surface area (Å²) < 4.78 is 0. The highest BCUT2D eigenvalue weighted by Crippen LogP contribution is 2.40. The van der Waals surface area contributed by atoms with Crippen LogP contribution in [0.25, 0.3) is 10.2 Å². The molecule has 4 nitrogen and oxygen atoms in total. The molecule has 1 aromatic carbocycles. The maximum Gasteiger partial charge on any atom is 0.264 e. The van der Waals surface area contributed by atoms with E-state index in [1.165, 1.54) is 24.2 Å². The minimum Gasteiger partial charge on any atom is -0.334 e. The van der Waals surface area contributed by atoms with Gasteiger partial charge in [0, 0.05) is 24.4 Å². The molecule has 2 aromatic heterocycles. The van der Waals surface area contributed by atoms with Gasteiger partial charge >= 0.3 is 0 Å². The quantitative estimate of drug-likeness (QED) is 0.588. The van der Waals surface area contributed by atoms with E-state index in [0.29, 0.717) is 12.5 Å². The number of amides is 1. The van der Waals surface area contributed by atoms with Crippen molar-refractivity contribution in [3.8, 4) is 0 Å². The van der Waals surface area contributed by atoms with Crippen LogP contribution in [0.4, 0.5) is 0 Å². The van der Waals surface area contributed by atoms with E-state index in [2.05, 4.69) is 19.1 Å². The Morgan fingerprint density at radius 1 is 1.19 bits per heavy atom. The van der Waals surface area contributed by atoms with Crippen LogP contribution in [0.3, 0.4) is 0 Å². The Morgan fingerprint density at radius 3 is 2.59 bits per heavy atom. The maximum absolute atomic E-state index is 13.4. The van der Waals surface area contributed by atoms with Crippen molar-refractivity contribution in [2.45, 2.75) is 52.5 Å². The molecule has 4 rings (SSSR count). The van der Waals surface area contributed by atoms with E-state index in [9.17, 15) is 4.79 Å². The molecule has 1 amide bonds. The fraction of sp³-hybridized carbons (Fsp3) is 0.409. The molecule has 3 aromatic rings. The van der Waals surface area contributed by atoms with E-state index in [1.54, 1.807) is 0 Å². The van der Waals surface area contributed by atoms with Gasteiger partial charge in [-0.25, -0.2) is 9.97 Å². The van der Waals surface area contributed by atoms with Crippen LogP contribution in [-0.4, -0.2) is 27.3 Å². The number of aryl methyl sites for hydroxylation is 2. The third kappa shape index (κ3) is 3.61. The van der Waals surface area contributed by atoms with E-state index < -0.39 is 0 Å². The summed E-state index contributed by atoms with van der Waals surface area (Å²) in [6.45, 7) is 7.57. The molecule has 1 aliphatic rings. The first-order chi connectivity index (χ1) is 13.1. The first-order valence-corrected chi connectivity index (χ1v) is 10.5. The Kier molecular flexibility index (Phi) is 4.96. The number of benzene rings is 1. The SMILES string of the molecule is CCCN(Cc1ccccc1)C(=O)c1sc2nc(C3CC3)nc(C)c2c1C. The highest BCUT2D eigenvalue weighted by Gasteiger charge is 2.29. The fourth-order valence-corrected chi connectivity index (χ4v) is 4.76. The lowest BCUT2D eigenvalue weighted by atomic mass is 10.1. The van der Waals surface area contributed by atoms with Gasteiger partial charge in [-0.1, -0.05) is 37.3 Å². The monoisotopic (exact) mass is 379 g/mol. The lowest BCUT2D eigenvalue weighted by Gasteiger charge is -2.22. The van der Waals surface area contributed by atoms with Crippen LogP contribution in [-0.2, 0) is 6.54 Å². The number of fused-ring (bicyclic) bond motifs is 1. The average Bonchev–Trinajstić information content (AvgIpc) is 3.46. The lowest BCUT2D eigenvalue weighted by Crippen LogP contribution is -2.31. The molecule has 0 atom stereocenters. The summed E-state index contributed by atoms with van der Waals surface area (Å²) >= 11 is 1.53. The van der Waals surface area contributed by atoms with Gasteiger partial charge in [-0.3, -0.25) is 4.79 Å². The number of carbonyl (C=O) groups excluding carboxylic acids is 1. The molecule has 27 heavy (non-hydrogen) atoms. The molecular formula is C22H25N3OS. The number of rotatable bonds is 6. The van der Waals surface area contributed by atoms with E-state index in [0.717, 1.165) is 50.7 Å². The van der Waals surface area contributed by atoms with Gasteiger partial charge < -0.3 is 4.90 Å². The second kappa shape index (κ2) is 7.39. The predicted molar refractivity (Wildman–Crippen MR) is 110 cm³/mol. The Morgan fingerprint density at radius 2 is 1.93 bits per heavy atom. The van der Waals surface area contributed by atoms with Crippen molar-refractivity contribution in [3.05, 3.63) is 57.9 Å². The van der Waals surface area contributed by atoms with Gasteiger partial charge in [-0.05, 0) is 44.2 Å². The number of aromatic nitrogens is 2. The number of thiophene rings is 1. The zero-order valence-electron chi connectivity index (χ0n) is 16.2. The summed E-state index contributed by atoms with van der Waals surface area (Å²) in [6, 6.07) is 10.2. The summed E-state index contributed by atoms with van der Waals surface area (Å²) in [5, 5.41) is 1.06. The van der Waals surface area contributed by atoms with Crippen molar-refractivity contribution in [1.82, 2.24) is 14.9 Å². The van der Waals surface area contributed by atoms with Crippen LogP contribution in [0.5, 0.6) is 0 Å². The van der Waals surface area contributed by atoms with Gasteiger partial charge in [0.1, 0.15) is 10.7 Å². The van der Waals surface area contributed by atoms with Crippen LogP contribution in [0, 0.1) is 13.8 Å². The van der Waals surface area contributed by atoms with E-state index in [1.807, 2.05) is 36.9 Å². The molecule has 5 heteroatoms. The molecule has 0 radical (unpaired) electrons. The van der Waals surface area contributed by atoms with Gasteiger partial charge in [-0.15, -0.1) is 11.3 Å². The maximum atomic E-state index is 13.4. The normalized spacial score (nSPS) is 13.9. The van der Waals surface area contributed by atoms with Gasteiger partial charge in [0.15, 0.2) is 0 Å². The van der Waals surface area contributed by atoms with E-state index in [4.69, 9.17) is 9.97 Å². The van der Waals surface area contributed by atoms with Crippen LogP contribution in [0.1, 0.15) is 64.4 Å². The first kappa shape index (κ1) is 18.1. The molecule has 0 N–H and O–H groups in total. The molecular weight excluding hydrogens is 354 g/mol. The Hall–Kier alpha value is -2.27. The average molecular weight is 380 g/mol. The minimum atomic E-state index is 0.105. The van der Waals surface area contributed by atoms with Gasteiger partial charge in [0.25, 0.3) is 5.91 Å². The van der Waals surface area contributed by atoms with Crippen LogP contribution >= 0.6 is 11.3 Å². The number of hydrogen-bond donors (Lipinski definition) is 0. The van der Waals surface area contributed by atoms with Gasteiger partial charge in [-0.2, -0.15) is 0 Å². The molecule has 0 bridgehead atoms. The number of hydrogen-bond acceptors (Lipinski definition) is 4. The van der Waals surface area contributed by atoms with Crippen molar-refractivity contribution in [2.75, 3.05) is 6.54 Å². The predicted octanol–water partition coefficient (Wildman–Crippen LogP) is 5.24. The zero-order chi connectivity index (χ0) is 19.0. The van der Waals surface area contributed by atoms with Crippen molar-refractivity contribution in [2.24, 2.45) is 0 Å². The highest BCUT2D eigenvalue weighted by atomic mass is 32.1. The zero-order valence-corrected chi connectivity index (χ0v) is 17.0. The molecule has 0 aliphatic heterocycles. The lowest BCUT2D eigenvalue weighted by molar-refractivity contribution is 0.0747. The third-order valence-electron chi connectivity index (χ3n) is 5.12. The standard InChI is InChI=1S/C22H25N3OS/c1-4-12-25(13-16-8-6-5-7-9-16)22(26)19-14(2)18-15(3)23-20(17-10-11-17)24-21(18)27-19/h5-9,17H,4,10-13H2,1-3H3. The fourth-order valence-electron chi connectivity index (χ4n) is 3.56. The topological polar surface area (TPSA) is 46.1 Å². The van der Waals surface area contributed by atoms with Crippen LogP contribution in [0.2, 0.25) is 0 Å². The molecule has 0 spiro atoms. The van der Waals surface area contributed by atoms with Crippen LogP contribution in [0.15, 0.2) is 30.3 Å². The molecule has 1 fully saturated rings. The number of carbonyl (C=O) groups is 1. The van der Waals surface area contributed by atoms with E-state index >= 15 is 0 Å². The highest BCUT2D eigenvalue weighted by molar-refractivity contribution is 7.20. The Labute approximate surface area is 164 Å². The van der Waals surface area contributed by atoms with Crippen LogP contribution < -0.4 is 0 Å². The summed E-state index contributed by atoms with van der Waals surface area (Å²) in [5.41, 5.74) is 3.18. The van der Waals surface area contributed by atoms with Crippen molar-refractivity contribution in [3.63, 3.8) is 0 Å². The summed E-state index contributed by atoms with van der Waals surface area (Å²) in [5.74, 6) is 1.58. The summed E-state index contributed by atoms with van der Waals surface area (Å²) in [7, 11) is 0. The van der Waals surface area contributed by atoms with Crippen molar-refractivity contribution < 1.29 is 4.79 Å². The number of nitrogens with zero attached hydrogens (tertiary/aromatic N) is 3. The Bertz CT molecular complexity index is 976. The van der Waals surface area contributed by atoms with E-state index in [-0.39, 0.29) is 5.91 Å². The van der Waals surface area contributed by atoms with Gasteiger partial charge in [0.2, 0.25) is 0 Å². The summed E-state index contributed by atoms with van der Waals surface area (Å²) in [4.78, 5) is 26.6. The summed E-state index contributed by atoms with van der Waals surface area (Å²) in [6.07, 6.45) is 3.30. The smallest absolute Gasteiger partial charge is 0.264 e. The molecule has 1 aliphatic carbocycles. The third-order valence-corrected chi connectivity index (χ3v) is 6.30. The molecule has 140 valence electrons. The Balaban J connectivity index is 1.69. The minimum absolute atomic E-state index is 0.105. The molecule has 2 heterocycles. The van der Waals surface area contributed by atoms with Crippen molar-refractivity contribution >= 4 is 27.5 Å². The second-order valence-electron chi connectivity index (χ2n) is 7.39. The first-order valence-electron chi connectivity index (χ1n) is 9.69.